The molecule has 2 nitrogen and oxygen atoms in total. The van der Waals surface area contributed by atoms with Gasteiger partial charge in [0.15, 0.2) is 0 Å². The summed E-state index contributed by atoms with van der Waals surface area (Å²) >= 11 is 0. The van der Waals surface area contributed by atoms with Gasteiger partial charge >= 0.3 is 46.9 Å². The third-order valence-electron chi connectivity index (χ3n) is 7.32. The molecule has 196 valence electrons. The van der Waals surface area contributed by atoms with Crippen molar-refractivity contribution < 1.29 is 71.0 Å². The zero-order valence-corrected chi connectivity index (χ0v) is 17.1. The summed E-state index contributed by atoms with van der Waals surface area (Å²) < 4.78 is 214. The van der Waals surface area contributed by atoms with Crippen molar-refractivity contribution in [1.82, 2.24) is 0 Å². The van der Waals surface area contributed by atoms with Gasteiger partial charge in [-0.15, -0.1) is 0 Å². The number of rotatable bonds is 4. The number of esters is 1. The van der Waals surface area contributed by atoms with Gasteiger partial charge in [0.1, 0.15) is 0 Å². The molecule has 0 spiro atoms. The number of carbonyl (C=O) groups excluding carboxylic acids is 1. The summed E-state index contributed by atoms with van der Waals surface area (Å²) in [4.78, 5) is 12.3. The van der Waals surface area contributed by atoms with Gasteiger partial charge in [0.25, 0.3) is 11.3 Å². The van der Waals surface area contributed by atoms with Gasteiger partial charge in [0, 0.05) is 0 Å². The summed E-state index contributed by atoms with van der Waals surface area (Å²) in [5.74, 6) is -40.3. The Labute approximate surface area is 181 Å². The molecule has 0 N–H and O–H groups in total. The fraction of sp³-hybridized carbons (Fsp3) is 0.833. The van der Waals surface area contributed by atoms with E-state index in [0.29, 0.717) is 13.8 Å². The summed E-state index contributed by atoms with van der Waals surface area (Å²) in [7, 11) is 0. The molecule has 4 saturated carbocycles. The summed E-state index contributed by atoms with van der Waals surface area (Å²) in [6.07, 6.45) is -1.94. The van der Waals surface area contributed by atoms with Crippen molar-refractivity contribution in [3.63, 3.8) is 0 Å². The van der Waals surface area contributed by atoms with Crippen molar-refractivity contribution in [3.8, 4) is 0 Å². The lowest BCUT2D eigenvalue weighted by atomic mass is 9.37. The first kappa shape index (κ1) is 26.8. The van der Waals surface area contributed by atoms with E-state index in [-0.39, 0.29) is 0 Å². The molecule has 4 rings (SSSR count). The summed E-state index contributed by atoms with van der Waals surface area (Å²) in [5, 5.41) is 0. The molecular formula is C18H14F14O2. The minimum atomic E-state index is -7.77. The zero-order valence-electron chi connectivity index (χ0n) is 17.1. The Hall–Kier alpha value is -1.77. The average Bonchev–Trinajstić information content (AvgIpc) is 2.70. The minimum absolute atomic E-state index is 0.586. The lowest BCUT2D eigenvalue weighted by Gasteiger charge is -2.75. The molecule has 0 aromatic rings. The molecule has 0 amide bonds. The third kappa shape index (κ3) is 1.70. The smallest absolute Gasteiger partial charge is 0.342 e. The first-order valence-corrected chi connectivity index (χ1v) is 9.27. The number of halogens is 14. The van der Waals surface area contributed by atoms with Gasteiger partial charge in [-0.2, -0.15) is 43.9 Å². The highest BCUT2D eigenvalue weighted by molar-refractivity contribution is 5.78. The van der Waals surface area contributed by atoms with Gasteiger partial charge < -0.3 is 4.74 Å². The number of carbonyl (C=O) groups is 1. The third-order valence-corrected chi connectivity index (χ3v) is 7.32. The van der Waals surface area contributed by atoms with Crippen LogP contribution >= 0.6 is 0 Å². The van der Waals surface area contributed by atoms with E-state index < -0.39 is 81.8 Å². The van der Waals surface area contributed by atoms with E-state index in [9.17, 15) is 31.1 Å². The number of ether oxygens (including phenoxy) is 1. The van der Waals surface area contributed by atoms with E-state index in [0.717, 1.165) is 6.92 Å². The Morgan fingerprint density at radius 2 is 1.03 bits per heavy atom. The number of hydrogen-bond donors (Lipinski definition) is 0. The molecule has 0 heterocycles. The second-order valence-corrected chi connectivity index (χ2v) is 9.07. The Morgan fingerprint density at radius 3 is 1.32 bits per heavy atom. The van der Waals surface area contributed by atoms with Crippen LogP contribution in [0.25, 0.3) is 0 Å². The molecule has 4 aliphatic carbocycles. The minimum Gasteiger partial charge on any atom is -0.441 e. The zero-order chi connectivity index (χ0) is 27.2. The summed E-state index contributed by atoms with van der Waals surface area (Å²) in [6, 6.07) is 0. The maximum atomic E-state index is 15.8. The van der Waals surface area contributed by atoms with Crippen molar-refractivity contribution in [2.24, 2.45) is 5.41 Å². The van der Waals surface area contributed by atoms with E-state index in [2.05, 4.69) is 11.3 Å². The van der Waals surface area contributed by atoms with E-state index in [1.54, 1.807) is 0 Å². The van der Waals surface area contributed by atoms with Gasteiger partial charge in [0.05, 0.1) is 5.41 Å². The van der Waals surface area contributed by atoms with Crippen LogP contribution in [0.15, 0.2) is 12.7 Å². The summed E-state index contributed by atoms with van der Waals surface area (Å²) in [5.41, 5.74) is -37.7. The van der Waals surface area contributed by atoms with E-state index >= 15 is 35.1 Å². The predicted octanol–water partition coefficient (Wildman–Crippen LogP) is 5.94. The van der Waals surface area contributed by atoms with Crippen molar-refractivity contribution in [1.29, 1.82) is 0 Å². The number of alkyl halides is 14. The Morgan fingerprint density at radius 1 is 0.706 bits per heavy atom. The normalized spacial score (nSPS) is 46.7. The van der Waals surface area contributed by atoms with Gasteiger partial charge in [-0.1, -0.05) is 13.5 Å². The van der Waals surface area contributed by atoms with Gasteiger partial charge in [-0.05, 0) is 26.3 Å². The Kier molecular flexibility index (Phi) is 4.57. The van der Waals surface area contributed by atoms with Crippen LogP contribution in [0.3, 0.4) is 0 Å². The highest BCUT2D eigenvalue weighted by Crippen LogP contribution is 2.88. The monoisotopic (exact) mass is 528 g/mol. The van der Waals surface area contributed by atoms with Crippen molar-refractivity contribution in [2.75, 3.05) is 0 Å². The second kappa shape index (κ2) is 5.79. The largest absolute Gasteiger partial charge is 0.441 e. The van der Waals surface area contributed by atoms with Gasteiger partial charge in [0.2, 0.25) is 5.67 Å². The fourth-order valence-electron chi connectivity index (χ4n) is 4.84. The van der Waals surface area contributed by atoms with Gasteiger partial charge in [-0.25, -0.2) is 17.6 Å². The molecule has 0 aromatic carbocycles. The second-order valence-electron chi connectivity index (χ2n) is 9.07. The highest BCUT2D eigenvalue weighted by atomic mass is 19.3. The molecule has 4 fully saturated rings. The molecule has 3 atom stereocenters. The van der Waals surface area contributed by atoms with Crippen molar-refractivity contribution in [3.05, 3.63) is 12.7 Å². The summed E-state index contributed by atoms with van der Waals surface area (Å²) in [6.45, 7) is 4.55. The molecular weight excluding hydrogens is 514 g/mol. The lowest BCUT2D eigenvalue weighted by molar-refractivity contribution is -0.597. The molecule has 0 saturated heterocycles. The molecule has 0 aliphatic heterocycles. The van der Waals surface area contributed by atoms with Crippen LogP contribution in [0.2, 0.25) is 0 Å². The molecule has 0 radical (unpaired) electrons. The van der Waals surface area contributed by atoms with E-state index in [1.165, 1.54) is 0 Å². The van der Waals surface area contributed by atoms with Crippen LogP contribution in [-0.2, 0) is 9.53 Å². The van der Waals surface area contributed by atoms with Crippen LogP contribution in [0.4, 0.5) is 61.5 Å². The average molecular weight is 528 g/mol. The molecule has 4 aliphatic rings. The lowest BCUT2D eigenvalue weighted by Crippen LogP contribution is -3.10. The van der Waals surface area contributed by atoms with Gasteiger partial charge in [-0.3, -0.25) is 4.79 Å². The first-order valence-electron chi connectivity index (χ1n) is 9.27. The maximum absolute atomic E-state index is 15.8. The first-order chi connectivity index (χ1) is 14.7. The fourth-order valence-corrected chi connectivity index (χ4v) is 4.84. The Balaban J connectivity index is 2.68. The van der Waals surface area contributed by atoms with Crippen LogP contribution < -0.4 is 0 Å². The predicted molar refractivity (Wildman–Crippen MR) is 83.2 cm³/mol. The van der Waals surface area contributed by atoms with Crippen LogP contribution in [0, 0.1) is 5.41 Å². The molecule has 0 aromatic heterocycles. The van der Waals surface area contributed by atoms with Crippen molar-refractivity contribution in [2.45, 2.75) is 85.1 Å². The van der Waals surface area contributed by atoms with Crippen LogP contribution in [0.1, 0.15) is 27.2 Å². The standard InChI is InChI=1S/C18H14F14O2/c1-5-8(3,4)7(33)34-13-9(19,6-2)10(20)14(23,24)11(21,17(13,29)30)16(27,28)12(22,15(10,25)26)18(13,31)32/h6H,2,5H2,1,3-4H3. The van der Waals surface area contributed by atoms with E-state index in [1.807, 2.05) is 0 Å². The van der Waals surface area contributed by atoms with Crippen LogP contribution in [0.5, 0.6) is 0 Å². The SMILES string of the molecule is C=CC1(F)C2(F)C(F)(F)C3(F)C(F)(F)C(F)(C2(F)F)C(F)(F)C1(OC(=O)C(C)(C)CC)C3(F)F. The quantitative estimate of drug-likeness (QED) is 0.257. The number of hydrogen-bond acceptors (Lipinski definition) is 2. The maximum Gasteiger partial charge on any atom is 0.342 e. The highest BCUT2D eigenvalue weighted by Gasteiger charge is 3.22. The van der Waals surface area contributed by atoms with Crippen LogP contribution in [-0.4, -0.2) is 63.9 Å². The topological polar surface area (TPSA) is 26.3 Å². The Bertz CT molecular complexity index is 930. The molecule has 16 heteroatoms. The van der Waals surface area contributed by atoms with Crippen molar-refractivity contribution >= 4 is 5.97 Å². The molecule has 3 unspecified atom stereocenters. The molecule has 34 heavy (non-hydrogen) atoms. The van der Waals surface area contributed by atoms with E-state index in [4.69, 9.17) is 0 Å². The molecule has 4 bridgehead atoms.